The van der Waals surface area contributed by atoms with Crippen LogP contribution < -0.4 is 4.67 Å². The predicted molar refractivity (Wildman–Crippen MR) is 62.2 cm³/mol. The first kappa shape index (κ1) is 9.29. The van der Waals surface area contributed by atoms with Crippen LogP contribution in [0, 0.1) is 6.92 Å². The molecule has 2 unspecified atom stereocenters. The molecule has 4 heteroatoms. The van der Waals surface area contributed by atoms with E-state index in [0.717, 1.165) is 23.7 Å². The Balaban J connectivity index is 2.13. The molecule has 0 amide bonds. The zero-order valence-corrected chi connectivity index (χ0v) is 10.1. The van der Waals surface area contributed by atoms with Gasteiger partial charge >= 0.3 is 0 Å². The first-order valence-corrected chi connectivity index (χ1v) is 6.11. The number of aryl methyl sites for hydroxylation is 1. The van der Waals surface area contributed by atoms with Crippen LogP contribution in [0.4, 0.5) is 5.69 Å². The Morgan fingerprint density at radius 3 is 3.13 bits per heavy atom. The lowest BCUT2D eigenvalue weighted by atomic mass is 10.2. The molecule has 0 fully saturated rings. The molecule has 0 N–H and O–H groups in total. The second-order valence-electron chi connectivity index (χ2n) is 4.18. The molecular weight excluding hydrogens is 209 g/mol. The van der Waals surface area contributed by atoms with E-state index in [0.29, 0.717) is 14.8 Å². The topological polar surface area (TPSA) is 25.6 Å². The minimum atomic E-state index is 0.298. The van der Waals surface area contributed by atoms with Gasteiger partial charge in [0.1, 0.15) is 11.9 Å². The minimum absolute atomic E-state index is 0.298. The van der Waals surface area contributed by atoms with Gasteiger partial charge in [0.05, 0.1) is 5.69 Å². The van der Waals surface area contributed by atoms with E-state index in [1.54, 1.807) is 0 Å². The van der Waals surface area contributed by atoms with Crippen molar-refractivity contribution in [3.8, 4) is 0 Å². The molecule has 3 nitrogen and oxygen atoms in total. The number of fused-ring (bicyclic) bond motifs is 2. The molecule has 15 heavy (non-hydrogen) atoms. The van der Waals surface area contributed by atoms with Crippen LogP contribution in [0.15, 0.2) is 15.8 Å². The molecule has 0 radical (unpaired) electrons. The Hall–Kier alpha value is -0.950. The molecule has 2 atom stereocenters. The normalized spacial score (nSPS) is 25.5. The molecule has 0 aliphatic carbocycles. The molecule has 0 saturated carbocycles. The van der Waals surface area contributed by atoms with Gasteiger partial charge in [-0.25, -0.2) is 0 Å². The van der Waals surface area contributed by atoms with Gasteiger partial charge in [-0.3, -0.25) is 0 Å². The Morgan fingerprint density at radius 1 is 1.53 bits per heavy atom. The van der Waals surface area contributed by atoms with Crippen molar-refractivity contribution >= 4 is 20.2 Å². The van der Waals surface area contributed by atoms with Crippen molar-refractivity contribution in [1.29, 1.82) is 0 Å². The number of ether oxygens (including phenoxy) is 1. The SMILES string of the molecule is Cc1cc2c(o1)C1=C(CC(C)O1)PN2C. The van der Waals surface area contributed by atoms with E-state index in [1.165, 1.54) is 11.0 Å². The molecule has 1 aromatic heterocycles. The molecule has 1 aromatic rings. The number of nitrogens with zero attached hydrogens (tertiary/aromatic N) is 1. The Bertz CT molecular complexity index is 449. The molecule has 0 bridgehead atoms. The molecule has 3 rings (SSSR count). The number of anilines is 1. The van der Waals surface area contributed by atoms with Crippen molar-refractivity contribution in [3.05, 3.63) is 22.9 Å². The second kappa shape index (κ2) is 3.02. The van der Waals surface area contributed by atoms with Crippen LogP contribution in [0.5, 0.6) is 0 Å². The van der Waals surface area contributed by atoms with Gasteiger partial charge in [-0.2, -0.15) is 0 Å². The Labute approximate surface area is 90.9 Å². The maximum absolute atomic E-state index is 5.82. The summed E-state index contributed by atoms with van der Waals surface area (Å²) in [5.74, 6) is 2.88. The van der Waals surface area contributed by atoms with Crippen LogP contribution in [0.25, 0.3) is 5.76 Å². The van der Waals surface area contributed by atoms with E-state index in [2.05, 4.69) is 24.7 Å². The highest BCUT2D eigenvalue weighted by Crippen LogP contribution is 2.52. The minimum Gasteiger partial charge on any atom is -0.486 e. The molecule has 80 valence electrons. The van der Waals surface area contributed by atoms with E-state index in [9.17, 15) is 0 Å². The first-order chi connectivity index (χ1) is 7.15. The van der Waals surface area contributed by atoms with Crippen molar-refractivity contribution in [2.75, 3.05) is 11.7 Å². The second-order valence-corrected chi connectivity index (χ2v) is 5.68. The standard InChI is InChI=1S/C11H14NO2P/c1-6-4-8-10(13-6)11-9(15-12(8)3)5-7(2)14-11/h4,7,15H,5H2,1-3H3. The fourth-order valence-electron chi connectivity index (χ4n) is 2.16. The van der Waals surface area contributed by atoms with Crippen molar-refractivity contribution in [1.82, 2.24) is 0 Å². The van der Waals surface area contributed by atoms with E-state index in [-0.39, 0.29) is 0 Å². The van der Waals surface area contributed by atoms with Gasteiger partial charge in [0.25, 0.3) is 0 Å². The van der Waals surface area contributed by atoms with Gasteiger partial charge in [-0.1, -0.05) is 0 Å². The molecule has 0 spiro atoms. The summed E-state index contributed by atoms with van der Waals surface area (Å²) in [5, 5.41) is 1.40. The van der Waals surface area contributed by atoms with Crippen molar-refractivity contribution in [2.24, 2.45) is 0 Å². The smallest absolute Gasteiger partial charge is 0.192 e. The third kappa shape index (κ3) is 1.30. The van der Waals surface area contributed by atoms with Crippen molar-refractivity contribution in [3.63, 3.8) is 0 Å². The van der Waals surface area contributed by atoms with E-state index in [1.807, 2.05) is 6.92 Å². The van der Waals surface area contributed by atoms with Crippen molar-refractivity contribution < 1.29 is 9.15 Å². The molecule has 0 aromatic carbocycles. The summed E-state index contributed by atoms with van der Waals surface area (Å²) < 4.78 is 13.8. The van der Waals surface area contributed by atoms with Crippen LogP contribution in [0.1, 0.15) is 24.9 Å². The largest absolute Gasteiger partial charge is 0.486 e. The van der Waals surface area contributed by atoms with Crippen LogP contribution in [-0.4, -0.2) is 13.2 Å². The van der Waals surface area contributed by atoms with E-state index < -0.39 is 0 Å². The fraction of sp³-hybridized carbons (Fsp3) is 0.455. The van der Waals surface area contributed by atoms with Gasteiger partial charge in [0.2, 0.25) is 0 Å². The zero-order chi connectivity index (χ0) is 10.6. The maximum Gasteiger partial charge on any atom is 0.192 e. The predicted octanol–water partition coefficient (Wildman–Crippen LogP) is 3.11. The van der Waals surface area contributed by atoms with Crippen LogP contribution >= 0.6 is 8.73 Å². The third-order valence-corrected chi connectivity index (χ3v) is 4.07. The highest BCUT2D eigenvalue weighted by molar-refractivity contribution is 7.45. The summed E-state index contributed by atoms with van der Waals surface area (Å²) in [6.45, 7) is 4.09. The quantitative estimate of drug-likeness (QED) is 0.632. The molecule has 2 aliphatic heterocycles. The number of furan rings is 1. The molecule has 2 aliphatic rings. The number of hydrogen-bond donors (Lipinski definition) is 0. The molecular formula is C11H14NO2P. The highest BCUT2D eigenvalue weighted by Gasteiger charge is 2.33. The monoisotopic (exact) mass is 223 g/mol. The molecule has 3 heterocycles. The average Bonchev–Trinajstić information content (AvgIpc) is 2.68. The molecule has 0 saturated heterocycles. The van der Waals surface area contributed by atoms with Crippen LogP contribution in [-0.2, 0) is 4.74 Å². The summed E-state index contributed by atoms with van der Waals surface area (Å²) >= 11 is 0. The summed E-state index contributed by atoms with van der Waals surface area (Å²) in [6.07, 6.45) is 1.34. The number of hydrogen-bond acceptors (Lipinski definition) is 3. The average molecular weight is 223 g/mol. The van der Waals surface area contributed by atoms with Crippen molar-refractivity contribution in [2.45, 2.75) is 26.4 Å². The third-order valence-electron chi connectivity index (χ3n) is 2.79. The summed E-state index contributed by atoms with van der Waals surface area (Å²) in [5.41, 5.74) is 1.17. The summed E-state index contributed by atoms with van der Waals surface area (Å²) in [4.78, 5) is 0. The van der Waals surface area contributed by atoms with Gasteiger partial charge in [0, 0.05) is 33.6 Å². The Kier molecular flexibility index (Phi) is 1.87. The first-order valence-electron chi connectivity index (χ1n) is 5.16. The lowest BCUT2D eigenvalue weighted by molar-refractivity contribution is 0.204. The van der Waals surface area contributed by atoms with Gasteiger partial charge in [0.15, 0.2) is 11.5 Å². The number of rotatable bonds is 0. The summed E-state index contributed by atoms with van der Waals surface area (Å²) in [6, 6.07) is 2.08. The Morgan fingerprint density at radius 2 is 2.33 bits per heavy atom. The van der Waals surface area contributed by atoms with E-state index >= 15 is 0 Å². The summed E-state index contributed by atoms with van der Waals surface area (Å²) in [7, 11) is 2.81. The fourth-order valence-corrected chi connectivity index (χ4v) is 3.50. The van der Waals surface area contributed by atoms with Gasteiger partial charge < -0.3 is 13.8 Å². The van der Waals surface area contributed by atoms with Gasteiger partial charge in [-0.15, -0.1) is 0 Å². The lowest BCUT2D eigenvalue weighted by Crippen LogP contribution is -2.09. The van der Waals surface area contributed by atoms with Gasteiger partial charge in [-0.05, 0) is 13.8 Å². The lowest BCUT2D eigenvalue weighted by Gasteiger charge is -2.23. The van der Waals surface area contributed by atoms with Crippen LogP contribution in [0.3, 0.4) is 0 Å². The van der Waals surface area contributed by atoms with E-state index in [4.69, 9.17) is 9.15 Å². The maximum atomic E-state index is 5.82. The zero-order valence-electron chi connectivity index (χ0n) is 9.13. The highest BCUT2D eigenvalue weighted by atomic mass is 31.1. The van der Waals surface area contributed by atoms with Crippen LogP contribution in [0.2, 0.25) is 0 Å².